The number of aliphatic hydroxyl groups excluding tert-OH is 18. The summed E-state index contributed by atoms with van der Waals surface area (Å²) in [4.78, 5) is 66.2. The van der Waals surface area contributed by atoms with Crippen LogP contribution in [0.25, 0.3) is 0 Å². The number of amides is 4. The third kappa shape index (κ3) is 35.0. The Morgan fingerprint density at radius 2 is 0.795 bits per heavy atom. The van der Waals surface area contributed by atoms with Gasteiger partial charge in [0.15, 0.2) is 31.5 Å². The summed E-state index contributed by atoms with van der Waals surface area (Å²) in [7, 11) is 0. The van der Waals surface area contributed by atoms with Gasteiger partial charge in [0.2, 0.25) is 23.6 Å². The highest BCUT2D eigenvalue weighted by molar-refractivity contribution is 5.77. The average molecular weight is 1830 g/mol. The summed E-state index contributed by atoms with van der Waals surface area (Å²) in [5, 5.41) is 225. The molecule has 6 saturated heterocycles. The van der Waals surface area contributed by atoms with Gasteiger partial charge in [-0.25, -0.2) is 4.79 Å². The van der Waals surface area contributed by atoms with Gasteiger partial charge in [-0.1, -0.05) is 219 Å². The number of carboxylic acids is 1. The number of unbranched alkanes of at least 4 members (excludes halogenated alkanes) is 31. The van der Waals surface area contributed by atoms with Crippen LogP contribution in [0.1, 0.15) is 259 Å². The van der Waals surface area contributed by atoms with Gasteiger partial charge in [-0.05, 0) is 19.3 Å². The minimum atomic E-state index is -3.45. The van der Waals surface area contributed by atoms with Crippen LogP contribution in [0, 0.1) is 0 Å². The number of aliphatic carboxylic acids is 1. The normalized spacial score (nSPS) is 34.6. The average Bonchev–Trinajstić information content (AvgIpc) is 0.742. The smallest absolute Gasteiger partial charge is 0.364 e. The topological polar surface area (TPSA) is 629 Å². The summed E-state index contributed by atoms with van der Waals surface area (Å²) in [5.41, 5.74) is 0. The molecule has 6 rings (SSSR count). The third-order valence-electron chi connectivity index (χ3n) is 24.6. The molecule has 40 heteroatoms. The predicted molar refractivity (Wildman–Crippen MR) is 450 cm³/mol. The lowest BCUT2D eigenvalue weighted by Gasteiger charge is -2.53. The first kappa shape index (κ1) is 112. The Morgan fingerprint density at radius 3 is 1.27 bits per heavy atom. The van der Waals surface area contributed by atoms with Crippen LogP contribution in [0.3, 0.4) is 0 Å². The maximum absolute atomic E-state index is 14.0. The summed E-state index contributed by atoms with van der Waals surface area (Å²) < 4.78 is 72.7. The molecule has 740 valence electrons. The van der Waals surface area contributed by atoms with Gasteiger partial charge in [0.25, 0.3) is 5.79 Å². The Bertz CT molecular complexity index is 3070. The minimum Gasteiger partial charge on any atom is -0.477 e. The SMILES string of the molecule is CCCCCCCCCCCCC/C=C/[C@@H](O)[C@H](CO[C@@H]1OC(CO)[C@@H](O[C@@H]2OC(CO)[C@H](O[C@@H]3OC(CO)[C@H](O)[C@H](O[C@@H]4OC(CO)[C@H](O)[C@H](O[C@@H]5OC(CO)[C@@H](O)[C@H](O)C5NC(C)=O)C4O)C3NC(C)=O)[C@H](O[C@]3(C(=O)O)CC(O)[C@@H](NC(C)=O)C([C@H](O)[C@H](O)CO)O3)C2O)[C@H](O)C1O)NC(=O)CCCCCCCCCCCCCCCCCCCCCCC. The van der Waals surface area contributed by atoms with Gasteiger partial charge in [0.1, 0.15) is 140 Å². The fourth-order valence-corrected chi connectivity index (χ4v) is 17.3. The Kier molecular flexibility index (Phi) is 52.4. The largest absolute Gasteiger partial charge is 0.477 e. The maximum Gasteiger partial charge on any atom is 0.364 e. The van der Waals surface area contributed by atoms with E-state index in [9.17, 15) is 121 Å². The van der Waals surface area contributed by atoms with Crippen molar-refractivity contribution in [2.24, 2.45) is 0 Å². The highest BCUT2D eigenvalue weighted by Crippen LogP contribution is 2.42. The van der Waals surface area contributed by atoms with Crippen molar-refractivity contribution in [2.75, 3.05) is 46.2 Å². The number of nitrogens with one attached hydrogen (secondary N) is 4. The first-order chi connectivity index (χ1) is 60.9. The van der Waals surface area contributed by atoms with Crippen molar-refractivity contribution in [3.63, 3.8) is 0 Å². The second-order valence-corrected chi connectivity index (χ2v) is 34.9. The molecule has 33 atom stereocenters. The lowest BCUT2D eigenvalue weighted by molar-refractivity contribution is -0.404. The first-order valence-electron chi connectivity index (χ1n) is 46.6. The molecule has 6 fully saturated rings. The Labute approximate surface area is 745 Å². The standard InChI is InChI=1S/C87H156N4O36/c1-6-8-10-12-14-16-18-20-21-22-23-24-25-26-27-29-31-33-35-37-39-41-62(104)91-53(54(101)40-38-36-34-32-30-28-19-17-15-13-11-9-7-2)49-116-83-72(111)71(110)75(60(47-96)120-83)122-85-74(113)80(127-87(86(114)115)42-55(102)63(88-50(3)98)78(126-87)66(105)56(103)43-92)76(61(48-97)121-85)123-82-65(90-52(5)100)77(68(107)58(45-94)118-82)124-84-73(112)79(69(108)59(46-95)119-84)125-81-64(89-51(4)99)70(109)67(106)57(44-93)117-81/h38,40,53-61,63-85,92-97,101-103,105-113H,6-37,39,41-49H2,1-5H3,(H,88,98)(H,89,99)(H,90,100)(H,91,104)(H,114,115)/b40-38+/t53-,54+,55?,56+,57?,58?,59?,60?,61?,63+,64?,65?,66+,67+,68-,69-,70+,71+,72?,73?,74?,75+,76-,77+,78?,79-,80+,81-,82-,83+,84-,85-,87-/m0/s1. The lowest BCUT2D eigenvalue weighted by Crippen LogP contribution is -2.72. The molecule has 0 aromatic carbocycles. The Morgan fingerprint density at radius 1 is 0.409 bits per heavy atom. The highest BCUT2D eigenvalue weighted by Gasteiger charge is 2.63. The molecule has 0 aromatic heterocycles. The molecule has 6 aliphatic heterocycles. The number of ether oxygens (including phenoxy) is 12. The highest BCUT2D eigenvalue weighted by atomic mass is 16.8. The van der Waals surface area contributed by atoms with E-state index in [1.54, 1.807) is 6.08 Å². The lowest BCUT2D eigenvalue weighted by atomic mass is 9.88. The fourth-order valence-electron chi connectivity index (χ4n) is 17.3. The van der Waals surface area contributed by atoms with Crippen molar-refractivity contribution in [1.29, 1.82) is 0 Å². The molecule has 0 aromatic rings. The number of carbonyl (C=O) groups excluding carboxylic acids is 4. The molecule has 12 unspecified atom stereocenters. The van der Waals surface area contributed by atoms with Crippen LogP contribution in [-0.2, 0) is 80.8 Å². The van der Waals surface area contributed by atoms with E-state index in [4.69, 9.17) is 56.8 Å². The quantitative estimate of drug-likeness (QED) is 0.0264. The van der Waals surface area contributed by atoms with Crippen LogP contribution in [0.5, 0.6) is 0 Å². The number of carboxylic acid groups (broad SMARTS) is 1. The molecule has 0 bridgehead atoms. The molecule has 40 nitrogen and oxygen atoms in total. The third-order valence-corrected chi connectivity index (χ3v) is 24.6. The van der Waals surface area contributed by atoms with Gasteiger partial charge < -0.3 is 175 Å². The maximum atomic E-state index is 14.0. The molecule has 0 aliphatic carbocycles. The number of aliphatic hydroxyl groups is 18. The summed E-state index contributed by atoms with van der Waals surface area (Å²) >= 11 is 0. The van der Waals surface area contributed by atoms with E-state index in [0.29, 0.717) is 12.8 Å². The Balaban J connectivity index is 1.23. The van der Waals surface area contributed by atoms with Crippen LogP contribution in [-0.4, -0.2) is 375 Å². The molecule has 0 radical (unpaired) electrons. The number of hydrogen-bond donors (Lipinski definition) is 23. The van der Waals surface area contributed by atoms with E-state index < -0.39 is 284 Å². The van der Waals surface area contributed by atoms with E-state index in [1.165, 1.54) is 141 Å². The summed E-state index contributed by atoms with van der Waals surface area (Å²) in [6.45, 7) is -0.0367. The van der Waals surface area contributed by atoms with Gasteiger partial charge in [0.05, 0.1) is 70.5 Å². The van der Waals surface area contributed by atoms with Crippen molar-refractivity contribution in [3.8, 4) is 0 Å². The molecule has 0 spiro atoms. The summed E-state index contributed by atoms with van der Waals surface area (Å²) in [6, 6.07) is -6.71. The van der Waals surface area contributed by atoms with E-state index in [-0.39, 0.29) is 6.42 Å². The van der Waals surface area contributed by atoms with E-state index >= 15 is 0 Å². The predicted octanol–water partition coefficient (Wildman–Crippen LogP) is -0.734. The summed E-state index contributed by atoms with van der Waals surface area (Å²) in [6.07, 6.45) is -18.5. The zero-order chi connectivity index (χ0) is 93.3. The summed E-state index contributed by atoms with van der Waals surface area (Å²) in [5.74, 6) is -8.75. The molecule has 6 aliphatic rings. The zero-order valence-corrected chi connectivity index (χ0v) is 74.8. The molecule has 0 saturated carbocycles. The van der Waals surface area contributed by atoms with E-state index in [1.807, 2.05) is 0 Å². The number of rotatable bonds is 62. The van der Waals surface area contributed by atoms with Gasteiger partial charge >= 0.3 is 5.97 Å². The second-order valence-electron chi connectivity index (χ2n) is 34.9. The molecule has 4 amide bonds. The molecule has 127 heavy (non-hydrogen) atoms. The number of carbonyl (C=O) groups is 5. The van der Waals surface area contributed by atoms with Crippen LogP contribution in [0.4, 0.5) is 0 Å². The van der Waals surface area contributed by atoms with E-state index in [2.05, 4.69) is 35.1 Å². The van der Waals surface area contributed by atoms with Crippen molar-refractivity contribution in [3.05, 3.63) is 12.2 Å². The van der Waals surface area contributed by atoms with Gasteiger partial charge in [-0.2, -0.15) is 0 Å². The molecular formula is C87H156N4O36. The molecule has 23 N–H and O–H groups in total. The molecular weight excluding hydrogens is 1680 g/mol. The zero-order valence-electron chi connectivity index (χ0n) is 74.8. The van der Waals surface area contributed by atoms with Gasteiger partial charge in [-0.15, -0.1) is 0 Å². The van der Waals surface area contributed by atoms with Crippen molar-refractivity contribution in [1.82, 2.24) is 21.3 Å². The van der Waals surface area contributed by atoms with Crippen molar-refractivity contribution in [2.45, 2.75) is 461 Å². The monoisotopic (exact) mass is 1830 g/mol. The number of hydrogen-bond acceptors (Lipinski definition) is 35. The van der Waals surface area contributed by atoms with Crippen molar-refractivity contribution >= 4 is 29.6 Å². The van der Waals surface area contributed by atoms with Crippen molar-refractivity contribution < 1.29 is 178 Å². The van der Waals surface area contributed by atoms with Crippen LogP contribution in [0.2, 0.25) is 0 Å². The second kappa shape index (κ2) is 59.6. The van der Waals surface area contributed by atoms with E-state index in [0.717, 1.165) is 85.0 Å². The van der Waals surface area contributed by atoms with Gasteiger partial charge in [-0.3, -0.25) is 19.2 Å². The van der Waals surface area contributed by atoms with Crippen LogP contribution >= 0.6 is 0 Å². The van der Waals surface area contributed by atoms with Gasteiger partial charge in [0, 0.05) is 33.6 Å². The number of allylic oxidation sites excluding steroid dienone is 1. The van der Waals surface area contributed by atoms with Crippen LogP contribution in [0.15, 0.2) is 12.2 Å². The van der Waals surface area contributed by atoms with Crippen LogP contribution < -0.4 is 21.3 Å². The molecule has 6 heterocycles. The first-order valence-corrected chi connectivity index (χ1v) is 46.6. The minimum absolute atomic E-state index is 0.113. The fraction of sp³-hybridized carbons (Fsp3) is 0.920. The Hall–Kier alpha value is -4.11.